The van der Waals surface area contributed by atoms with E-state index >= 15 is 0 Å². The summed E-state index contributed by atoms with van der Waals surface area (Å²) in [6.07, 6.45) is -3.92. The van der Waals surface area contributed by atoms with E-state index < -0.39 is 60.9 Å². The lowest BCUT2D eigenvalue weighted by Gasteiger charge is -2.43. The lowest BCUT2D eigenvalue weighted by atomic mass is 9.91. The minimum absolute atomic E-state index is 0.105. The monoisotopic (exact) mass is 659 g/mol. The fourth-order valence-electron chi connectivity index (χ4n) is 6.75. The molecule has 2 heterocycles. The standard InChI is InChI=1S/C36H41NO9Si/c1-24(38)44-32-30(23-43-47(35(3,4)5,28-13-9-7-10-14-28)29-15-11-8-12-16-29)46-36(33(32)45-25(2)39)31(40)22-37(34(36)41)21-26-17-19-27(42-6)20-18-26/h7-20,30,32-33H,21-23H2,1-6H3/t30-,32-,33-,36-/m1/s1. The van der Waals surface area contributed by atoms with Gasteiger partial charge in [-0.3, -0.25) is 19.2 Å². The minimum Gasteiger partial charge on any atom is -0.497 e. The number of ether oxygens (including phenoxy) is 4. The van der Waals surface area contributed by atoms with Crippen molar-refractivity contribution in [2.45, 2.75) is 70.1 Å². The molecule has 3 aromatic carbocycles. The summed E-state index contributed by atoms with van der Waals surface area (Å²) in [6, 6.07) is 27.0. The van der Waals surface area contributed by atoms with Crippen molar-refractivity contribution in [3.8, 4) is 5.75 Å². The van der Waals surface area contributed by atoms with Crippen molar-refractivity contribution in [1.29, 1.82) is 0 Å². The van der Waals surface area contributed by atoms with Crippen molar-refractivity contribution in [2.24, 2.45) is 0 Å². The third-order valence-electron chi connectivity index (χ3n) is 8.76. The molecule has 3 aromatic rings. The van der Waals surface area contributed by atoms with Crippen LogP contribution < -0.4 is 15.1 Å². The summed E-state index contributed by atoms with van der Waals surface area (Å²) in [5.74, 6) is -2.05. The van der Waals surface area contributed by atoms with Crippen LogP contribution in [0.25, 0.3) is 0 Å². The number of likely N-dealkylation sites (tertiary alicyclic amines) is 1. The van der Waals surface area contributed by atoms with Crippen LogP contribution >= 0.6 is 0 Å². The first-order valence-electron chi connectivity index (χ1n) is 15.6. The van der Waals surface area contributed by atoms with Gasteiger partial charge in [0.05, 0.1) is 20.3 Å². The van der Waals surface area contributed by atoms with Crippen molar-refractivity contribution in [3.63, 3.8) is 0 Å². The number of amides is 1. The van der Waals surface area contributed by atoms with Gasteiger partial charge in [-0.05, 0) is 33.1 Å². The highest BCUT2D eigenvalue weighted by atomic mass is 28.4. The number of hydrogen-bond donors (Lipinski definition) is 0. The predicted octanol–water partition coefficient (Wildman–Crippen LogP) is 3.18. The molecule has 2 aliphatic rings. The summed E-state index contributed by atoms with van der Waals surface area (Å²) in [7, 11) is -1.56. The van der Waals surface area contributed by atoms with Crippen LogP contribution in [0.2, 0.25) is 5.04 Å². The molecule has 0 saturated carbocycles. The largest absolute Gasteiger partial charge is 0.497 e. The SMILES string of the molecule is COc1ccc(CN2CC(=O)[C@]3(O[C@H](CO[Si](c4ccccc4)(c4ccccc4)C(C)(C)C)[C@@H](OC(C)=O)[C@H]3OC(C)=O)C2=O)cc1. The Bertz CT molecular complexity index is 1570. The predicted molar refractivity (Wildman–Crippen MR) is 176 cm³/mol. The molecule has 5 rings (SSSR count). The number of ketones is 1. The van der Waals surface area contributed by atoms with Crippen molar-refractivity contribution in [2.75, 3.05) is 20.3 Å². The van der Waals surface area contributed by atoms with Crippen molar-refractivity contribution < 1.29 is 42.6 Å². The fraction of sp³-hybridized carbons (Fsp3) is 0.389. The van der Waals surface area contributed by atoms with Crippen LogP contribution in [0.5, 0.6) is 5.75 Å². The Labute approximate surface area is 276 Å². The zero-order valence-corrected chi connectivity index (χ0v) is 28.6. The van der Waals surface area contributed by atoms with Crippen LogP contribution in [0.3, 0.4) is 0 Å². The van der Waals surface area contributed by atoms with E-state index in [9.17, 15) is 19.2 Å². The second-order valence-electron chi connectivity index (χ2n) is 12.9. The molecule has 0 radical (unpaired) electrons. The lowest BCUT2D eigenvalue weighted by molar-refractivity contribution is -0.174. The number of esters is 2. The smallest absolute Gasteiger partial charge is 0.303 e. The van der Waals surface area contributed by atoms with Gasteiger partial charge in [-0.2, -0.15) is 0 Å². The van der Waals surface area contributed by atoms with E-state index in [1.165, 1.54) is 18.7 Å². The van der Waals surface area contributed by atoms with E-state index in [4.69, 9.17) is 23.4 Å². The molecule has 2 fully saturated rings. The average Bonchev–Trinajstić information content (AvgIpc) is 3.45. The van der Waals surface area contributed by atoms with E-state index in [0.29, 0.717) is 5.75 Å². The van der Waals surface area contributed by atoms with Gasteiger partial charge in [0.15, 0.2) is 18.0 Å². The third kappa shape index (κ3) is 6.35. The average molecular weight is 660 g/mol. The van der Waals surface area contributed by atoms with Crippen LogP contribution in [0, 0.1) is 0 Å². The zero-order chi connectivity index (χ0) is 34.0. The number of carbonyl (C=O) groups is 4. The lowest BCUT2D eigenvalue weighted by Crippen LogP contribution is -2.67. The maximum absolute atomic E-state index is 14.2. The fourth-order valence-corrected chi connectivity index (χ4v) is 11.3. The number of nitrogens with zero attached hydrogens (tertiary/aromatic N) is 1. The second-order valence-corrected chi connectivity index (χ2v) is 17.2. The Morgan fingerprint density at radius 1 is 0.872 bits per heavy atom. The van der Waals surface area contributed by atoms with Gasteiger partial charge in [0, 0.05) is 20.4 Å². The van der Waals surface area contributed by atoms with Gasteiger partial charge < -0.3 is 28.3 Å². The quantitative estimate of drug-likeness (QED) is 0.184. The number of carbonyl (C=O) groups excluding carboxylic acids is 4. The molecule has 10 nitrogen and oxygen atoms in total. The Morgan fingerprint density at radius 3 is 1.91 bits per heavy atom. The van der Waals surface area contributed by atoms with Gasteiger partial charge in [0.1, 0.15) is 11.9 Å². The number of hydrogen-bond acceptors (Lipinski definition) is 9. The maximum atomic E-state index is 14.2. The Hall–Kier alpha value is -4.32. The van der Waals surface area contributed by atoms with Crippen LogP contribution in [0.15, 0.2) is 84.9 Å². The molecule has 0 bridgehead atoms. The van der Waals surface area contributed by atoms with Gasteiger partial charge >= 0.3 is 11.9 Å². The van der Waals surface area contributed by atoms with Gasteiger partial charge in [-0.25, -0.2) is 0 Å². The molecule has 4 atom stereocenters. The molecule has 11 heteroatoms. The number of methoxy groups -OCH3 is 1. The highest BCUT2D eigenvalue weighted by molar-refractivity contribution is 6.99. The molecule has 0 aromatic heterocycles. The van der Waals surface area contributed by atoms with Crippen LogP contribution in [-0.4, -0.2) is 81.0 Å². The molecule has 47 heavy (non-hydrogen) atoms. The van der Waals surface area contributed by atoms with Gasteiger partial charge in [0.2, 0.25) is 5.60 Å². The molecule has 0 N–H and O–H groups in total. The molecule has 0 aliphatic carbocycles. The summed E-state index contributed by atoms with van der Waals surface area (Å²) < 4.78 is 30.1. The molecular formula is C36H41NO9Si. The first-order chi connectivity index (χ1) is 22.3. The number of benzene rings is 3. The molecule has 248 valence electrons. The third-order valence-corrected chi connectivity index (χ3v) is 13.8. The van der Waals surface area contributed by atoms with Crippen LogP contribution in [0.4, 0.5) is 0 Å². The molecule has 2 aliphatic heterocycles. The second kappa shape index (κ2) is 13.4. The number of rotatable bonds is 10. The van der Waals surface area contributed by atoms with Crippen molar-refractivity contribution in [3.05, 3.63) is 90.5 Å². The Morgan fingerprint density at radius 2 is 1.43 bits per heavy atom. The summed E-state index contributed by atoms with van der Waals surface area (Å²) >= 11 is 0. The van der Waals surface area contributed by atoms with Crippen molar-refractivity contribution >= 4 is 42.3 Å². The van der Waals surface area contributed by atoms with Gasteiger partial charge in [-0.15, -0.1) is 0 Å². The van der Waals surface area contributed by atoms with E-state index in [1.807, 2.05) is 60.7 Å². The van der Waals surface area contributed by atoms with Crippen molar-refractivity contribution in [1.82, 2.24) is 4.90 Å². The van der Waals surface area contributed by atoms with E-state index in [-0.39, 0.29) is 19.7 Å². The Kier molecular flexibility index (Phi) is 9.72. The molecule has 1 amide bonds. The molecular weight excluding hydrogens is 618 g/mol. The van der Waals surface area contributed by atoms with Crippen LogP contribution in [-0.2, 0) is 44.4 Å². The zero-order valence-electron chi connectivity index (χ0n) is 27.6. The highest BCUT2D eigenvalue weighted by Crippen LogP contribution is 2.43. The Balaban J connectivity index is 1.54. The number of Topliss-reactive ketones (excluding diaryl/α,β-unsaturated/α-hetero) is 1. The molecule has 0 unspecified atom stereocenters. The molecule has 1 spiro atoms. The minimum atomic E-state index is -3.12. The van der Waals surface area contributed by atoms with Crippen LogP contribution in [0.1, 0.15) is 40.2 Å². The summed E-state index contributed by atoms with van der Waals surface area (Å²) in [5, 5.41) is 1.61. The van der Waals surface area contributed by atoms with E-state index in [0.717, 1.165) is 15.9 Å². The summed E-state index contributed by atoms with van der Waals surface area (Å²) in [5.41, 5.74) is -1.45. The van der Waals surface area contributed by atoms with Gasteiger partial charge in [0.25, 0.3) is 14.2 Å². The van der Waals surface area contributed by atoms with Gasteiger partial charge in [-0.1, -0.05) is 93.6 Å². The summed E-state index contributed by atoms with van der Waals surface area (Å²) in [4.78, 5) is 54.4. The van der Waals surface area contributed by atoms with E-state index in [2.05, 4.69) is 20.8 Å². The topological polar surface area (TPSA) is 118 Å². The highest BCUT2D eigenvalue weighted by Gasteiger charge is 2.71. The first-order valence-corrected chi connectivity index (χ1v) is 17.5. The van der Waals surface area contributed by atoms with E-state index in [1.54, 1.807) is 31.4 Å². The maximum Gasteiger partial charge on any atom is 0.303 e. The summed E-state index contributed by atoms with van der Waals surface area (Å²) in [6.45, 7) is 8.40. The normalized spacial score (nSPS) is 22.9. The first kappa shape index (κ1) is 34.0. The molecule has 2 saturated heterocycles.